The SMILES string of the molecule is CO/N=C(/c1ccc2cc(OC)ccc2c1)C1CCCN(C2CCC(C(=O)O)CC2)C1. The molecule has 1 atom stereocenters. The third-order valence-electron chi connectivity index (χ3n) is 6.93. The monoisotopic (exact) mass is 424 g/mol. The smallest absolute Gasteiger partial charge is 0.306 e. The molecule has 0 spiro atoms. The van der Waals surface area contributed by atoms with Gasteiger partial charge in [0.2, 0.25) is 0 Å². The third-order valence-corrected chi connectivity index (χ3v) is 6.93. The van der Waals surface area contributed by atoms with Crippen molar-refractivity contribution in [1.29, 1.82) is 0 Å². The average Bonchev–Trinajstić information content (AvgIpc) is 2.82. The molecule has 2 aromatic carbocycles. The highest BCUT2D eigenvalue weighted by molar-refractivity contribution is 6.04. The number of fused-ring (bicyclic) bond motifs is 1. The van der Waals surface area contributed by atoms with Gasteiger partial charge in [0.05, 0.1) is 18.7 Å². The number of hydrogen-bond acceptors (Lipinski definition) is 5. The standard InChI is InChI=1S/C25H32N2O4/c1-30-23-12-9-18-14-20(6-5-19(18)15-23)24(26-31-2)21-4-3-13-27(16-21)22-10-7-17(8-11-22)25(28)29/h5-6,9,12,14-15,17,21-22H,3-4,7-8,10-11,13,16H2,1-2H3,(H,28,29)/b26-24-. The van der Waals surface area contributed by atoms with Crippen LogP contribution in [0.3, 0.4) is 0 Å². The zero-order valence-electron chi connectivity index (χ0n) is 18.4. The molecule has 1 saturated carbocycles. The summed E-state index contributed by atoms with van der Waals surface area (Å²) < 4.78 is 5.34. The number of rotatable bonds is 6. The Bertz CT molecular complexity index is 950. The number of carboxylic acid groups (broad SMARTS) is 1. The number of methoxy groups -OCH3 is 1. The molecule has 2 aliphatic rings. The predicted octanol–water partition coefficient (Wildman–Crippen LogP) is 4.55. The van der Waals surface area contributed by atoms with Gasteiger partial charge in [-0.05, 0) is 74.0 Å². The van der Waals surface area contributed by atoms with E-state index in [4.69, 9.17) is 9.57 Å². The van der Waals surface area contributed by atoms with Gasteiger partial charge >= 0.3 is 5.97 Å². The number of piperidine rings is 1. The number of nitrogens with zero attached hydrogens (tertiary/aromatic N) is 2. The van der Waals surface area contributed by atoms with E-state index in [1.807, 2.05) is 12.1 Å². The highest BCUT2D eigenvalue weighted by Crippen LogP contribution is 2.32. The fraction of sp³-hybridized carbons (Fsp3) is 0.520. The van der Waals surface area contributed by atoms with Crippen LogP contribution in [0.5, 0.6) is 5.75 Å². The molecule has 1 aliphatic heterocycles. The van der Waals surface area contributed by atoms with Crippen molar-refractivity contribution in [1.82, 2.24) is 4.90 Å². The van der Waals surface area contributed by atoms with E-state index < -0.39 is 5.97 Å². The van der Waals surface area contributed by atoms with E-state index >= 15 is 0 Å². The van der Waals surface area contributed by atoms with Crippen LogP contribution in [0.1, 0.15) is 44.1 Å². The Hall–Kier alpha value is -2.60. The molecule has 1 heterocycles. The molecular weight excluding hydrogens is 392 g/mol. The fourth-order valence-electron chi connectivity index (χ4n) is 5.22. The summed E-state index contributed by atoms with van der Waals surface area (Å²) in [6.07, 6.45) is 5.72. The molecule has 0 amide bonds. The van der Waals surface area contributed by atoms with Crippen molar-refractivity contribution in [3.63, 3.8) is 0 Å². The maximum absolute atomic E-state index is 11.3. The Labute approximate surface area is 183 Å². The molecule has 0 aromatic heterocycles. The molecule has 2 aromatic rings. The normalized spacial score (nSPS) is 25.4. The molecule has 0 bridgehead atoms. The van der Waals surface area contributed by atoms with E-state index in [9.17, 15) is 9.90 Å². The maximum atomic E-state index is 11.3. The molecule has 6 nitrogen and oxygen atoms in total. The van der Waals surface area contributed by atoms with Crippen LogP contribution >= 0.6 is 0 Å². The first-order chi connectivity index (χ1) is 15.1. The number of benzene rings is 2. The molecular formula is C25H32N2O4. The van der Waals surface area contributed by atoms with Crippen LogP contribution in [0.2, 0.25) is 0 Å². The molecule has 1 unspecified atom stereocenters. The summed E-state index contributed by atoms with van der Waals surface area (Å²) in [5.74, 6) is 0.352. The van der Waals surface area contributed by atoms with Gasteiger partial charge in [-0.1, -0.05) is 23.4 Å². The lowest BCUT2D eigenvalue weighted by Gasteiger charge is -2.41. The fourth-order valence-corrected chi connectivity index (χ4v) is 5.22. The average molecular weight is 425 g/mol. The lowest BCUT2D eigenvalue weighted by atomic mass is 9.82. The molecule has 1 saturated heterocycles. The van der Waals surface area contributed by atoms with Crippen LogP contribution in [0.25, 0.3) is 10.8 Å². The lowest BCUT2D eigenvalue weighted by Crippen LogP contribution is -2.46. The number of ether oxygens (including phenoxy) is 1. The summed E-state index contributed by atoms with van der Waals surface area (Å²) in [4.78, 5) is 19.1. The summed E-state index contributed by atoms with van der Waals surface area (Å²) in [6, 6.07) is 13.0. The van der Waals surface area contributed by atoms with Crippen LogP contribution in [-0.4, -0.2) is 55.0 Å². The minimum absolute atomic E-state index is 0.168. The van der Waals surface area contributed by atoms with Gasteiger partial charge in [-0.3, -0.25) is 9.69 Å². The van der Waals surface area contributed by atoms with Crippen LogP contribution in [-0.2, 0) is 9.63 Å². The van der Waals surface area contributed by atoms with Crippen molar-refractivity contribution in [3.05, 3.63) is 42.0 Å². The van der Waals surface area contributed by atoms with Gasteiger partial charge in [-0.25, -0.2) is 0 Å². The zero-order chi connectivity index (χ0) is 21.8. The van der Waals surface area contributed by atoms with Gasteiger partial charge in [-0.2, -0.15) is 0 Å². The Balaban J connectivity index is 1.51. The van der Waals surface area contributed by atoms with Crippen molar-refractivity contribution in [2.45, 2.75) is 44.6 Å². The largest absolute Gasteiger partial charge is 0.497 e. The van der Waals surface area contributed by atoms with Crippen LogP contribution < -0.4 is 4.74 Å². The molecule has 1 aliphatic carbocycles. The summed E-state index contributed by atoms with van der Waals surface area (Å²) in [7, 11) is 3.29. The molecule has 0 radical (unpaired) electrons. The van der Waals surface area contributed by atoms with Crippen LogP contribution in [0.15, 0.2) is 41.6 Å². The van der Waals surface area contributed by atoms with Crippen molar-refractivity contribution in [3.8, 4) is 5.75 Å². The summed E-state index contributed by atoms with van der Waals surface area (Å²) in [5.41, 5.74) is 2.10. The second-order valence-electron chi connectivity index (χ2n) is 8.76. The number of likely N-dealkylation sites (tertiary alicyclic amines) is 1. The first kappa shape index (κ1) is 21.6. The number of carbonyl (C=O) groups is 1. The molecule has 2 fully saturated rings. The number of oxime groups is 1. The van der Waals surface area contributed by atoms with Gasteiger partial charge in [0.15, 0.2) is 0 Å². The molecule has 166 valence electrons. The number of aliphatic carboxylic acids is 1. The summed E-state index contributed by atoms with van der Waals surface area (Å²) in [6.45, 7) is 2.03. The highest BCUT2D eigenvalue weighted by Gasteiger charge is 2.33. The topological polar surface area (TPSA) is 71.4 Å². The van der Waals surface area contributed by atoms with Crippen molar-refractivity contribution < 1.29 is 19.5 Å². The predicted molar refractivity (Wildman–Crippen MR) is 122 cm³/mol. The minimum atomic E-state index is -0.640. The molecule has 31 heavy (non-hydrogen) atoms. The minimum Gasteiger partial charge on any atom is -0.497 e. The molecule has 4 rings (SSSR count). The summed E-state index contributed by atoms with van der Waals surface area (Å²) >= 11 is 0. The third kappa shape index (κ3) is 4.85. The van der Waals surface area contributed by atoms with E-state index in [-0.39, 0.29) is 5.92 Å². The molecule has 1 N–H and O–H groups in total. The number of hydrogen-bond donors (Lipinski definition) is 1. The van der Waals surface area contributed by atoms with Gasteiger partial charge in [0.25, 0.3) is 0 Å². The van der Waals surface area contributed by atoms with Crippen LogP contribution in [0, 0.1) is 11.8 Å². The van der Waals surface area contributed by atoms with Gasteiger partial charge in [0, 0.05) is 24.1 Å². The number of carboxylic acids is 1. The van der Waals surface area contributed by atoms with E-state index in [2.05, 4.69) is 34.3 Å². The first-order valence-electron chi connectivity index (χ1n) is 11.2. The van der Waals surface area contributed by atoms with E-state index in [0.717, 1.165) is 79.4 Å². The first-order valence-corrected chi connectivity index (χ1v) is 11.2. The quantitative estimate of drug-likeness (QED) is 0.544. The summed E-state index contributed by atoms with van der Waals surface area (Å²) in [5, 5.41) is 16.0. The Morgan fingerprint density at radius 1 is 1.00 bits per heavy atom. The Kier molecular flexibility index (Phi) is 6.76. The van der Waals surface area contributed by atoms with Crippen molar-refractivity contribution >= 4 is 22.5 Å². The van der Waals surface area contributed by atoms with E-state index in [0.29, 0.717) is 12.0 Å². The van der Waals surface area contributed by atoms with E-state index in [1.165, 1.54) is 0 Å². The van der Waals surface area contributed by atoms with Gasteiger partial charge in [0.1, 0.15) is 12.9 Å². The van der Waals surface area contributed by atoms with Crippen molar-refractivity contribution in [2.75, 3.05) is 27.3 Å². The van der Waals surface area contributed by atoms with Gasteiger partial charge in [-0.15, -0.1) is 0 Å². The highest BCUT2D eigenvalue weighted by atomic mass is 16.6. The Morgan fingerprint density at radius 3 is 2.45 bits per heavy atom. The maximum Gasteiger partial charge on any atom is 0.306 e. The Morgan fingerprint density at radius 2 is 1.74 bits per heavy atom. The zero-order valence-corrected chi connectivity index (χ0v) is 18.4. The van der Waals surface area contributed by atoms with E-state index in [1.54, 1.807) is 14.2 Å². The van der Waals surface area contributed by atoms with Crippen LogP contribution in [0.4, 0.5) is 0 Å². The second kappa shape index (κ2) is 9.69. The second-order valence-corrected chi connectivity index (χ2v) is 8.76. The van der Waals surface area contributed by atoms with Crippen molar-refractivity contribution in [2.24, 2.45) is 17.0 Å². The lowest BCUT2D eigenvalue weighted by molar-refractivity contribution is -0.143. The van der Waals surface area contributed by atoms with Gasteiger partial charge < -0.3 is 14.7 Å². The molecule has 6 heteroatoms.